The molecule has 0 spiro atoms. The van der Waals surface area contributed by atoms with Gasteiger partial charge >= 0.3 is 5.97 Å². The van der Waals surface area contributed by atoms with Gasteiger partial charge in [-0.1, -0.05) is 13.8 Å². The maximum absolute atomic E-state index is 12.5. The highest BCUT2D eigenvalue weighted by molar-refractivity contribution is 6.02. The summed E-state index contributed by atoms with van der Waals surface area (Å²) < 4.78 is 11.2. The Morgan fingerprint density at radius 1 is 1.08 bits per heavy atom. The summed E-state index contributed by atoms with van der Waals surface area (Å²) in [5.41, 5.74) is -1.07. The van der Waals surface area contributed by atoms with E-state index in [0.29, 0.717) is 26.0 Å². The number of likely N-dealkylation sites (tertiary alicyclic amines) is 1. The van der Waals surface area contributed by atoms with Crippen LogP contribution < -0.4 is 0 Å². The van der Waals surface area contributed by atoms with Gasteiger partial charge in [-0.2, -0.15) is 0 Å². The van der Waals surface area contributed by atoms with E-state index < -0.39 is 5.41 Å². The van der Waals surface area contributed by atoms with Crippen molar-refractivity contribution in [3.8, 4) is 0 Å². The van der Waals surface area contributed by atoms with Crippen LogP contribution in [0.1, 0.15) is 74.1 Å². The molecule has 0 aromatic heterocycles. The minimum Gasteiger partial charge on any atom is -0.464 e. The molecule has 0 saturated carbocycles. The first-order valence-electron chi connectivity index (χ1n) is 9.45. The first kappa shape index (κ1) is 22.1. The van der Waals surface area contributed by atoms with Crippen LogP contribution >= 0.6 is 0 Å². The lowest BCUT2D eigenvalue weighted by Crippen LogP contribution is -2.62. The Balaban J connectivity index is 2.77. The second kappa shape index (κ2) is 8.17. The van der Waals surface area contributed by atoms with Crippen LogP contribution in [-0.4, -0.2) is 54.1 Å². The molecule has 1 saturated heterocycles. The van der Waals surface area contributed by atoms with E-state index in [1.54, 1.807) is 7.11 Å². The summed E-state index contributed by atoms with van der Waals surface area (Å²) >= 11 is 0. The number of ketones is 1. The molecule has 0 N–H and O–H groups in total. The number of hydrogen-bond acceptors (Lipinski definition) is 5. The first-order chi connectivity index (χ1) is 11.5. The van der Waals surface area contributed by atoms with Crippen molar-refractivity contribution >= 4 is 11.8 Å². The number of hydrogen-bond donors (Lipinski definition) is 0. The maximum Gasteiger partial charge on any atom is 0.319 e. The smallest absolute Gasteiger partial charge is 0.319 e. The molecule has 0 bridgehead atoms. The Bertz CT molecular complexity index is 462. The van der Waals surface area contributed by atoms with Gasteiger partial charge in [0.1, 0.15) is 17.8 Å². The molecule has 5 nitrogen and oxygen atoms in total. The van der Waals surface area contributed by atoms with E-state index in [4.69, 9.17) is 9.47 Å². The van der Waals surface area contributed by atoms with Gasteiger partial charge in [-0.05, 0) is 60.3 Å². The van der Waals surface area contributed by atoms with Gasteiger partial charge in [0.05, 0.1) is 6.10 Å². The van der Waals surface area contributed by atoms with Crippen LogP contribution in [0.3, 0.4) is 0 Å². The lowest BCUT2D eigenvalue weighted by atomic mass is 9.78. The summed E-state index contributed by atoms with van der Waals surface area (Å²) in [4.78, 5) is 26.9. The molecule has 1 aliphatic heterocycles. The molecule has 1 aliphatic rings. The lowest BCUT2D eigenvalue weighted by molar-refractivity contribution is -0.163. The van der Waals surface area contributed by atoms with Crippen molar-refractivity contribution in [2.75, 3.05) is 20.3 Å². The quantitative estimate of drug-likeness (QED) is 0.492. The highest BCUT2D eigenvalue weighted by Gasteiger charge is 2.46. The summed E-state index contributed by atoms with van der Waals surface area (Å²) in [5.74, 6) is -0.489. The van der Waals surface area contributed by atoms with E-state index in [9.17, 15) is 9.59 Å². The number of ether oxygens (including phenoxy) is 2. The minimum absolute atomic E-state index is 0.0397. The van der Waals surface area contributed by atoms with Gasteiger partial charge in [-0.25, -0.2) is 0 Å². The summed E-state index contributed by atoms with van der Waals surface area (Å²) in [7, 11) is 1.77. The standard InChI is InChI=1S/C20H37NO4/c1-9-20(10-2,15(3)22)17(23)25-12-11-21-18(4,5)13-16(24-8)14-19(21,6)7/h16H,9-14H2,1-8H3. The average molecular weight is 356 g/mol. The van der Waals surface area contributed by atoms with Crippen molar-refractivity contribution in [2.24, 2.45) is 5.41 Å². The molecular weight excluding hydrogens is 318 g/mol. The van der Waals surface area contributed by atoms with E-state index >= 15 is 0 Å². The fourth-order valence-electron chi connectivity index (χ4n) is 4.55. The topological polar surface area (TPSA) is 55.8 Å². The highest BCUT2D eigenvalue weighted by Crippen LogP contribution is 2.39. The van der Waals surface area contributed by atoms with Gasteiger partial charge in [-0.3, -0.25) is 14.5 Å². The zero-order valence-electron chi connectivity index (χ0n) is 17.4. The minimum atomic E-state index is -0.992. The van der Waals surface area contributed by atoms with Crippen molar-refractivity contribution in [1.29, 1.82) is 0 Å². The normalized spacial score (nSPS) is 21.1. The molecule has 0 atom stereocenters. The number of rotatable bonds is 8. The fourth-order valence-corrected chi connectivity index (χ4v) is 4.55. The van der Waals surface area contributed by atoms with E-state index in [1.807, 2.05) is 13.8 Å². The molecule has 1 rings (SSSR count). The van der Waals surface area contributed by atoms with Crippen LogP contribution in [0, 0.1) is 5.41 Å². The molecule has 146 valence electrons. The Morgan fingerprint density at radius 2 is 1.56 bits per heavy atom. The largest absolute Gasteiger partial charge is 0.464 e. The maximum atomic E-state index is 12.5. The number of nitrogens with zero attached hydrogens (tertiary/aromatic N) is 1. The van der Waals surface area contributed by atoms with Crippen LogP contribution in [0.5, 0.6) is 0 Å². The second-order valence-corrected chi connectivity index (χ2v) is 8.52. The summed E-state index contributed by atoms with van der Waals surface area (Å²) in [6.45, 7) is 15.0. The molecule has 1 heterocycles. The van der Waals surface area contributed by atoms with Crippen LogP contribution in [0.25, 0.3) is 0 Å². The van der Waals surface area contributed by atoms with Gasteiger partial charge in [0, 0.05) is 24.7 Å². The van der Waals surface area contributed by atoms with Gasteiger partial charge in [0.25, 0.3) is 0 Å². The van der Waals surface area contributed by atoms with E-state index in [0.717, 1.165) is 12.8 Å². The van der Waals surface area contributed by atoms with E-state index in [2.05, 4.69) is 32.6 Å². The van der Waals surface area contributed by atoms with Crippen LogP contribution in [0.2, 0.25) is 0 Å². The van der Waals surface area contributed by atoms with Crippen molar-refractivity contribution in [3.05, 3.63) is 0 Å². The zero-order chi connectivity index (χ0) is 19.5. The molecular formula is C20H37NO4. The summed E-state index contributed by atoms with van der Waals surface area (Å²) in [6, 6.07) is 0. The second-order valence-electron chi connectivity index (χ2n) is 8.52. The van der Waals surface area contributed by atoms with Crippen LogP contribution in [0.15, 0.2) is 0 Å². The third kappa shape index (κ3) is 4.62. The Morgan fingerprint density at radius 3 is 1.92 bits per heavy atom. The lowest BCUT2D eigenvalue weighted by Gasteiger charge is -2.55. The third-order valence-corrected chi connectivity index (χ3v) is 6.07. The molecule has 0 amide bonds. The number of esters is 1. The predicted octanol–water partition coefficient (Wildman–Crippen LogP) is 3.59. The van der Waals surface area contributed by atoms with Gasteiger partial charge < -0.3 is 9.47 Å². The number of piperidine rings is 1. The Kier molecular flexibility index (Phi) is 7.22. The monoisotopic (exact) mass is 355 g/mol. The molecule has 0 unspecified atom stereocenters. The molecule has 5 heteroatoms. The Labute approximate surface area is 153 Å². The number of carbonyl (C=O) groups is 2. The van der Waals surface area contributed by atoms with E-state index in [1.165, 1.54) is 6.92 Å². The highest BCUT2D eigenvalue weighted by atomic mass is 16.5. The SMILES string of the molecule is CCC(CC)(C(C)=O)C(=O)OCCN1C(C)(C)CC(OC)CC1(C)C. The van der Waals surface area contributed by atoms with Gasteiger partial charge in [-0.15, -0.1) is 0 Å². The van der Waals surface area contributed by atoms with Crippen LogP contribution in [-0.2, 0) is 19.1 Å². The molecule has 0 radical (unpaired) electrons. The van der Waals surface area contributed by atoms with Crippen molar-refractivity contribution in [3.63, 3.8) is 0 Å². The van der Waals surface area contributed by atoms with E-state index in [-0.39, 0.29) is 28.9 Å². The zero-order valence-corrected chi connectivity index (χ0v) is 17.4. The molecule has 25 heavy (non-hydrogen) atoms. The number of methoxy groups -OCH3 is 1. The predicted molar refractivity (Wildman–Crippen MR) is 99.6 cm³/mol. The molecule has 0 aliphatic carbocycles. The summed E-state index contributed by atoms with van der Waals surface area (Å²) in [5, 5.41) is 0. The number of Topliss-reactive ketones (excluding diaryl/α,β-unsaturated/α-hetero) is 1. The molecule has 1 fully saturated rings. The van der Waals surface area contributed by atoms with Gasteiger partial charge in [0.2, 0.25) is 0 Å². The molecule has 0 aromatic carbocycles. The molecule has 0 aromatic rings. The van der Waals surface area contributed by atoms with Crippen LogP contribution in [0.4, 0.5) is 0 Å². The third-order valence-electron chi connectivity index (χ3n) is 6.07. The number of carbonyl (C=O) groups excluding carboxylic acids is 2. The first-order valence-corrected chi connectivity index (χ1v) is 9.45. The van der Waals surface area contributed by atoms with Crippen molar-refractivity contribution in [1.82, 2.24) is 4.90 Å². The average Bonchev–Trinajstić information content (AvgIpc) is 2.50. The fraction of sp³-hybridized carbons (Fsp3) is 0.900. The Hall–Kier alpha value is -0.940. The summed E-state index contributed by atoms with van der Waals surface area (Å²) in [6.07, 6.45) is 3.10. The van der Waals surface area contributed by atoms with Crippen molar-refractivity contribution < 1.29 is 19.1 Å². The van der Waals surface area contributed by atoms with Gasteiger partial charge in [0.15, 0.2) is 0 Å². The van der Waals surface area contributed by atoms with Crippen molar-refractivity contribution in [2.45, 2.75) is 91.3 Å².